The van der Waals surface area contributed by atoms with Crippen molar-refractivity contribution in [3.63, 3.8) is 0 Å². The number of nitrogen functional groups attached to an aromatic ring is 1. The molecule has 5 heteroatoms. The number of hydrogen-bond acceptors (Lipinski definition) is 4. The van der Waals surface area contributed by atoms with Crippen LogP contribution in [-0.2, 0) is 0 Å². The molecule has 0 atom stereocenters. The van der Waals surface area contributed by atoms with Gasteiger partial charge in [0.15, 0.2) is 0 Å². The number of nitrogens with zero attached hydrogens (tertiary/aromatic N) is 1. The van der Waals surface area contributed by atoms with Crippen LogP contribution in [0.1, 0.15) is 5.56 Å². The average Bonchev–Trinajstić information content (AvgIpc) is 2.43. The Balaban J connectivity index is 2.33. The quantitative estimate of drug-likeness (QED) is 0.829. The Hall–Kier alpha value is -2.74. The largest absolute Gasteiger partial charge is 0.497 e. The van der Waals surface area contributed by atoms with Gasteiger partial charge in [-0.15, -0.1) is 0 Å². The maximum atomic E-state index is 13.8. The molecular weight excluding hydrogens is 245 g/mol. The maximum absolute atomic E-state index is 13.8. The lowest BCUT2D eigenvalue weighted by Gasteiger charge is -2.11. The van der Waals surface area contributed by atoms with E-state index in [2.05, 4.69) is 5.32 Å². The highest BCUT2D eigenvalue weighted by atomic mass is 19.1. The Morgan fingerprint density at radius 3 is 2.63 bits per heavy atom. The Morgan fingerprint density at radius 2 is 2.00 bits per heavy atom. The Bertz CT molecular complexity index is 650. The van der Waals surface area contributed by atoms with Crippen LogP contribution in [0, 0.1) is 17.1 Å². The third-order valence-corrected chi connectivity index (χ3v) is 2.63. The lowest BCUT2D eigenvalue weighted by atomic mass is 10.2. The zero-order valence-corrected chi connectivity index (χ0v) is 10.3. The molecule has 0 aliphatic carbocycles. The summed E-state index contributed by atoms with van der Waals surface area (Å²) in [5.41, 5.74) is 7.34. The zero-order valence-electron chi connectivity index (χ0n) is 10.3. The van der Waals surface area contributed by atoms with Gasteiger partial charge in [-0.2, -0.15) is 5.26 Å². The van der Waals surface area contributed by atoms with Crippen LogP contribution < -0.4 is 15.8 Å². The molecule has 0 aromatic heterocycles. The van der Waals surface area contributed by atoms with E-state index in [-0.39, 0.29) is 11.3 Å². The molecule has 19 heavy (non-hydrogen) atoms. The van der Waals surface area contributed by atoms with Gasteiger partial charge in [-0.3, -0.25) is 0 Å². The SMILES string of the molecule is COc1ccc(N)c(Nc2ccc(C#N)cc2F)c1. The van der Waals surface area contributed by atoms with Crippen LogP contribution in [0.5, 0.6) is 5.75 Å². The van der Waals surface area contributed by atoms with Crippen LogP contribution in [0.3, 0.4) is 0 Å². The number of benzene rings is 2. The molecule has 0 aliphatic heterocycles. The molecule has 0 spiro atoms. The van der Waals surface area contributed by atoms with Crippen LogP contribution >= 0.6 is 0 Å². The molecule has 3 N–H and O–H groups in total. The summed E-state index contributed by atoms with van der Waals surface area (Å²) in [5, 5.41) is 11.6. The minimum atomic E-state index is -0.513. The summed E-state index contributed by atoms with van der Waals surface area (Å²) in [6, 6.07) is 11.1. The van der Waals surface area contributed by atoms with Gasteiger partial charge in [0.05, 0.1) is 35.8 Å². The normalized spacial score (nSPS) is 9.74. The highest BCUT2D eigenvalue weighted by Crippen LogP contribution is 2.28. The first-order valence-corrected chi connectivity index (χ1v) is 5.54. The van der Waals surface area contributed by atoms with Gasteiger partial charge in [-0.05, 0) is 30.3 Å². The third-order valence-electron chi connectivity index (χ3n) is 2.63. The van der Waals surface area contributed by atoms with E-state index in [4.69, 9.17) is 15.7 Å². The van der Waals surface area contributed by atoms with Crippen molar-refractivity contribution in [3.05, 3.63) is 47.8 Å². The van der Waals surface area contributed by atoms with Crippen molar-refractivity contribution in [2.45, 2.75) is 0 Å². The summed E-state index contributed by atoms with van der Waals surface area (Å²) in [6.07, 6.45) is 0. The summed E-state index contributed by atoms with van der Waals surface area (Å²) in [4.78, 5) is 0. The first-order chi connectivity index (χ1) is 9.13. The van der Waals surface area contributed by atoms with Gasteiger partial charge in [0, 0.05) is 6.07 Å². The molecule has 0 saturated heterocycles. The molecule has 0 radical (unpaired) electrons. The van der Waals surface area contributed by atoms with Crippen LogP contribution in [0.25, 0.3) is 0 Å². The summed E-state index contributed by atoms with van der Waals surface area (Å²) in [7, 11) is 1.54. The van der Waals surface area contributed by atoms with Crippen molar-refractivity contribution in [3.8, 4) is 11.8 Å². The lowest BCUT2D eigenvalue weighted by molar-refractivity contribution is 0.415. The molecule has 0 heterocycles. The first-order valence-electron chi connectivity index (χ1n) is 5.54. The predicted octanol–water partition coefficient (Wildman–Crippen LogP) is 3.03. The molecule has 0 amide bonds. The standard InChI is InChI=1S/C14H12FN3O/c1-19-10-3-4-12(17)14(7-10)18-13-5-2-9(8-16)6-11(13)15/h2-7,18H,17H2,1H3. The maximum Gasteiger partial charge on any atom is 0.147 e. The summed E-state index contributed by atoms with van der Waals surface area (Å²) >= 11 is 0. The number of hydrogen-bond donors (Lipinski definition) is 2. The van der Waals surface area contributed by atoms with Crippen molar-refractivity contribution in [1.82, 2.24) is 0 Å². The van der Waals surface area contributed by atoms with Crippen molar-refractivity contribution in [2.75, 3.05) is 18.2 Å². The molecule has 2 rings (SSSR count). The second-order valence-electron chi connectivity index (χ2n) is 3.88. The summed E-state index contributed by atoms with van der Waals surface area (Å²) in [6.45, 7) is 0. The second-order valence-corrected chi connectivity index (χ2v) is 3.88. The minimum Gasteiger partial charge on any atom is -0.497 e. The van der Waals surface area contributed by atoms with Crippen molar-refractivity contribution in [1.29, 1.82) is 5.26 Å². The summed E-state index contributed by atoms with van der Waals surface area (Å²) < 4.78 is 18.8. The zero-order chi connectivity index (χ0) is 13.8. The Morgan fingerprint density at radius 1 is 1.21 bits per heavy atom. The average molecular weight is 257 g/mol. The number of nitrogens with two attached hydrogens (primary N) is 1. The Kier molecular flexibility index (Phi) is 3.53. The van der Waals surface area contributed by atoms with Gasteiger partial charge in [-0.1, -0.05) is 0 Å². The molecule has 96 valence electrons. The highest BCUT2D eigenvalue weighted by Gasteiger charge is 2.07. The second kappa shape index (κ2) is 5.27. The summed E-state index contributed by atoms with van der Waals surface area (Å²) in [5.74, 6) is 0.104. The molecule has 2 aromatic rings. The van der Waals surface area contributed by atoms with E-state index >= 15 is 0 Å². The predicted molar refractivity (Wildman–Crippen MR) is 71.8 cm³/mol. The van der Waals surface area contributed by atoms with Gasteiger partial charge < -0.3 is 15.8 Å². The van der Waals surface area contributed by atoms with Crippen LogP contribution in [-0.4, -0.2) is 7.11 Å². The minimum absolute atomic E-state index is 0.249. The number of ether oxygens (including phenoxy) is 1. The van der Waals surface area contributed by atoms with Crippen LogP contribution in [0.4, 0.5) is 21.5 Å². The van der Waals surface area contributed by atoms with Crippen molar-refractivity contribution < 1.29 is 9.13 Å². The number of nitriles is 1. The van der Waals surface area contributed by atoms with Gasteiger partial charge in [-0.25, -0.2) is 4.39 Å². The smallest absolute Gasteiger partial charge is 0.147 e. The topological polar surface area (TPSA) is 71.1 Å². The Labute approximate surface area is 110 Å². The van der Waals surface area contributed by atoms with Gasteiger partial charge in [0.2, 0.25) is 0 Å². The molecule has 2 aromatic carbocycles. The number of methoxy groups -OCH3 is 1. The number of nitrogens with one attached hydrogen (secondary N) is 1. The van der Waals surface area contributed by atoms with Crippen LogP contribution in [0.15, 0.2) is 36.4 Å². The highest BCUT2D eigenvalue weighted by molar-refractivity contribution is 5.74. The van der Waals surface area contributed by atoms with Crippen molar-refractivity contribution in [2.24, 2.45) is 0 Å². The fourth-order valence-corrected chi connectivity index (χ4v) is 1.60. The van der Waals surface area contributed by atoms with E-state index in [1.165, 1.54) is 25.3 Å². The molecular formula is C14H12FN3O. The van der Waals surface area contributed by atoms with Gasteiger partial charge in [0.1, 0.15) is 11.6 Å². The van der Waals surface area contributed by atoms with E-state index in [0.29, 0.717) is 17.1 Å². The van der Waals surface area contributed by atoms with Gasteiger partial charge in [0.25, 0.3) is 0 Å². The van der Waals surface area contributed by atoms with E-state index in [1.54, 1.807) is 18.2 Å². The molecule has 0 bridgehead atoms. The first kappa shape index (κ1) is 12.7. The third kappa shape index (κ3) is 2.75. The van der Waals surface area contributed by atoms with E-state index in [1.807, 2.05) is 6.07 Å². The monoisotopic (exact) mass is 257 g/mol. The molecule has 0 fully saturated rings. The van der Waals surface area contributed by atoms with Gasteiger partial charge >= 0.3 is 0 Å². The molecule has 4 nitrogen and oxygen atoms in total. The lowest BCUT2D eigenvalue weighted by Crippen LogP contribution is -1.99. The number of rotatable bonds is 3. The van der Waals surface area contributed by atoms with Crippen molar-refractivity contribution >= 4 is 17.1 Å². The molecule has 0 aliphatic rings. The molecule has 0 saturated carbocycles. The van der Waals surface area contributed by atoms with E-state index in [9.17, 15) is 4.39 Å². The fraction of sp³-hybridized carbons (Fsp3) is 0.0714. The van der Waals surface area contributed by atoms with E-state index in [0.717, 1.165) is 0 Å². The van der Waals surface area contributed by atoms with E-state index < -0.39 is 5.82 Å². The number of anilines is 3. The fourth-order valence-electron chi connectivity index (χ4n) is 1.60. The molecule has 0 unspecified atom stereocenters. The van der Waals surface area contributed by atoms with Crippen LogP contribution in [0.2, 0.25) is 0 Å². The number of halogens is 1.